The van der Waals surface area contributed by atoms with Crippen LogP contribution in [0.3, 0.4) is 0 Å². The molecule has 4 nitrogen and oxygen atoms in total. The summed E-state index contributed by atoms with van der Waals surface area (Å²) in [5.41, 5.74) is 0.121. The maximum atomic E-state index is 12.1. The standard InChI is InChI=1S/C12H8ClF2N3O/c13-9-1-2-11(19-7-12(14)15)10(3-9)18-6-8(4-16)5-17/h1-3,6,12,18H,7H2. The molecule has 98 valence electrons. The zero-order valence-electron chi connectivity index (χ0n) is 9.53. The number of nitrogens with zero attached hydrogens (tertiary/aromatic N) is 2. The summed E-state index contributed by atoms with van der Waals surface area (Å²) in [5, 5.41) is 20.1. The van der Waals surface area contributed by atoms with Crippen molar-refractivity contribution in [1.82, 2.24) is 0 Å². The molecule has 7 heteroatoms. The van der Waals surface area contributed by atoms with Crippen molar-refractivity contribution in [2.75, 3.05) is 11.9 Å². The second-order valence-electron chi connectivity index (χ2n) is 3.27. The lowest BCUT2D eigenvalue weighted by molar-refractivity contribution is 0.0823. The molecule has 0 atom stereocenters. The number of hydrogen-bond donors (Lipinski definition) is 1. The third kappa shape index (κ3) is 4.82. The van der Waals surface area contributed by atoms with Gasteiger partial charge in [-0.3, -0.25) is 0 Å². The first kappa shape index (κ1) is 14.7. The average Bonchev–Trinajstić information content (AvgIpc) is 2.38. The van der Waals surface area contributed by atoms with Crippen molar-refractivity contribution in [3.63, 3.8) is 0 Å². The zero-order chi connectivity index (χ0) is 14.3. The van der Waals surface area contributed by atoms with E-state index in [0.717, 1.165) is 6.20 Å². The summed E-state index contributed by atoms with van der Waals surface area (Å²) in [6, 6.07) is 7.63. The van der Waals surface area contributed by atoms with Crippen LogP contribution in [0.15, 0.2) is 30.0 Å². The van der Waals surface area contributed by atoms with Crippen molar-refractivity contribution in [2.45, 2.75) is 6.43 Å². The predicted molar refractivity (Wildman–Crippen MR) is 65.9 cm³/mol. The Labute approximate surface area is 113 Å². The Balaban J connectivity index is 2.92. The van der Waals surface area contributed by atoms with Crippen LogP contribution in [0.5, 0.6) is 5.75 Å². The number of alkyl halides is 2. The van der Waals surface area contributed by atoms with Gasteiger partial charge < -0.3 is 10.1 Å². The fraction of sp³-hybridized carbons (Fsp3) is 0.167. The second kappa shape index (κ2) is 7.20. The van der Waals surface area contributed by atoms with E-state index < -0.39 is 13.0 Å². The molecular formula is C12H8ClF2N3O. The molecule has 1 N–H and O–H groups in total. The Morgan fingerprint density at radius 1 is 1.42 bits per heavy atom. The lowest BCUT2D eigenvalue weighted by Gasteiger charge is -2.11. The van der Waals surface area contributed by atoms with Gasteiger partial charge in [0.25, 0.3) is 6.43 Å². The number of hydrogen-bond acceptors (Lipinski definition) is 4. The fourth-order valence-electron chi connectivity index (χ4n) is 1.13. The van der Waals surface area contributed by atoms with Gasteiger partial charge in [-0.2, -0.15) is 10.5 Å². The molecule has 1 aromatic rings. The highest BCUT2D eigenvalue weighted by Gasteiger charge is 2.08. The van der Waals surface area contributed by atoms with Crippen molar-refractivity contribution in [3.8, 4) is 17.9 Å². The van der Waals surface area contributed by atoms with Gasteiger partial charge in [0.1, 0.15) is 30.1 Å². The summed E-state index contributed by atoms with van der Waals surface area (Å²) in [6.07, 6.45) is -1.46. The van der Waals surface area contributed by atoms with Crippen LogP contribution in [0.25, 0.3) is 0 Å². The highest BCUT2D eigenvalue weighted by molar-refractivity contribution is 6.30. The molecule has 0 aromatic heterocycles. The lowest BCUT2D eigenvalue weighted by atomic mass is 10.3. The van der Waals surface area contributed by atoms with E-state index in [9.17, 15) is 8.78 Å². The van der Waals surface area contributed by atoms with Crippen molar-refractivity contribution in [3.05, 3.63) is 35.0 Å². The van der Waals surface area contributed by atoms with Crippen LogP contribution in [-0.2, 0) is 0 Å². The van der Waals surface area contributed by atoms with E-state index in [1.165, 1.54) is 18.2 Å². The van der Waals surface area contributed by atoms with E-state index >= 15 is 0 Å². The number of nitrogens with one attached hydrogen (secondary N) is 1. The van der Waals surface area contributed by atoms with Crippen molar-refractivity contribution in [2.24, 2.45) is 0 Å². The highest BCUT2D eigenvalue weighted by atomic mass is 35.5. The van der Waals surface area contributed by atoms with E-state index in [4.69, 9.17) is 26.9 Å². The number of nitriles is 2. The van der Waals surface area contributed by atoms with Crippen LogP contribution in [-0.4, -0.2) is 13.0 Å². The first-order valence-corrected chi connectivity index (χ1v) is 5.42. The van der Waals surface area contributed by atoms with Crippen molar-refractivity contribution >= 4 is 17.3 Å². The van der Waals surface area contributed by atoms with Gasteiger partial charge in [-0.25, -0.2) is 8.78 Å². The number of benzene rings is 1. The predicted octanol–water partition coefficient (Wildman–Crippen LogP) is 3.33. The SMILES string of the molecule is N#CC(C#N)=CNc1cc(Cl)ccc1OCC(F)F. The molecule has 0 saturated carbocycles. The van der Waals surface area contributed by atoms with E-state index in [-0.39, 0.29) is 17.0 Å². The molecule has 0 amide bonds. The summed E-state index contributed by atoms with van der Waals surface area (Å²) < 4.78 is 29.1. The Bertz CT molecular complexity index is 545. The van der Waals surface area contributed by atoms with Crippen LogP contribution < -0.4 is 10.1 Å². The summed E-state index contributed by atoms with van der Waals surface area (Å²) in [4.78, 5) is 0. The Hall–Kier alpha value is -2.31. The Morgan fingerprint density at radius 3 is 2.68 bits per heavy atom. The molecule has 19 heavy (non-hydrogen) atoms. The number of halogens is 3. The monoisotopic (exact) mass is 283 g/mol. The molecule has 0 fully saturated rings. The Morgan fingerprint density at radius 2 is 2.11 bits per heavy atom. The molecule has 0 aliphatic heterocycles. The van der Waals surface area contributed by atoms with Gasteiger partial charge >= 0.3 is 0 Å². The summed E-state index contributed by atoms with van der Waals surface area (Å²) in [5.74, 6) is 0.149. The van der Waals surface area contributed by atoms with Crippen LogP contribution in [0.4, 0.5) is 14.5 Å². The average molecular weight is 284 g/mol. The molecule has 0 saturated heterocycles. The van der Waals surface area contributed by atoms with Gasteiger partial charge in [-0.1, -0.05) is 11.6 Å². The third-order valence-electron chi connectivity index (χ3n) is 1.92. The van der Waals surface area contributed by atoms with Gasteiger partial charge in [0, 0.05) is 11.2 Å². The largest absolute Gasteiger partial charge is 0.485 e. The highest BCUT2D eigenvalue weighted by Crippen LogP contribution is 2.28. The van der Waals surface area contributed by atoms with E-state index in [1.54, 1.807) is 12.1 Å². The summed E-state index contributed by atoms with van der Waals surface area (Å²) in [7, 11) is 0. The number of allylic oxidation sites excluding steroid dienone is 1. The van der Waals surface area contributed by atoms with E-state index in [2.05, 4.69) is 5.32 Å². The molecule has 0 aliphatic rings. The molecular weight excluding hydrogens is 276 g/mol. The van der Waals surface area contributed by atoms with Crippen LogP contribution >= 0.6 is 11.6 Å². The maximum Gasteiger partial charge on any atom is 0.272 e. The fourth-order valence-corrected chi connectivity index (χ4v) is 1.31. The number of anilines is 1. The van der Waals surface area contributed by atoms with Gasteiger partial charge in [-0.05, 0) is 18.2 Å². The summed E-state index contributed by atoms with van der Waals surface area (Å²) >= 11 is 5.77. The van der Waals surface area contributed by atoms with Crippen LogP contribution in [0, 0.1) is 22.7 Å². The molecule has 0 spiro atoms. The van der Waals surface area contributed by atoms with Gasteiger partial charge in [0.15, 0.2) is 0 Å². The molecule has 1 aromatic carbocycles. The van der Waals surface area contributed by atoms with Gasteiger partial charge in [0.05, 0.1) is 5.69 Å². The molecule has 0 aliphatic carbocycles. The lowest BCUT2D eigenvalue weighted by Crippen LogP contribution is -2.08. The zero-order valence-corrected chi connectivity index (χ0v) is 10.3. The molecule has 0 heterocycles. The topological polar surface area (TPSA) is 68.8 Å². The van der Waals surface area contributed by atoms with Crippen LogP contribution in [0.2, 0.25) is 5.02 Å². The third-order valence-corrected chi connectivity index (χ3v) is 2.15. The summed E-state index contributed by atoms with van der Waals surface area (Å²) in [6.45, 7) is -0.761. The molecule has 1 rings (SSSR count). The van der Waals surface area contributed by atoms with Gasteiger partial charge in [-0.15, -0.1) is 0 Å². The quantitative estimate of drug-likeness (QED) is 0.842. The normalized spacial score (nSPS) is 9.37. The number of ether oxygens (including phenoxy) is 1. The van der Waals surface area contributed by atoms with Crippen LogP contribution in [0.1, 0.15) is 0 Å². The minimum Gasteiger partial charge on any atom is -0.485 e. The van der Waals surface area contributed by atoms with Gasteiger partial charge in [0.2, 0.25) is 0 Å². The first-order chi connectivity index (χ1) is 9.06. The molecule has 0 radical (unpaired) electrons. The minimum absolute atomic E-state index is 0.149. The second-order valence-corrected chi connectivity index (χ2v) is 3.70. The molecule has 0 bridgehead atoms. The first-order valence-electron chi connectivity index (χ1n) is 5.04. The maximum absolute atomic E-state index is 12.1. The Kier molecular flexibility index (Phi) is 5.59. The molecule has 0 unspecified atom stereocenters. The number of rotatable bonds is 5. The van der Waals surface area contributed by atoms with Crippen molar-refractivity contribution < 1.29 is 13.5 Å². The van der Waals surface area contributed by atoms with E-state index in [1.807, 2.05) is 0 Å². The van der Waals surface area contributed by atoms with E-state index in [0.29, 0.717) is 5.02 Å². The minimum atomic E-state index is -2.60. The smallest absolute Gasteiger partial charge is 0.272 e. The van der Waals surface area contributed by atoms with Crippen molar-refractivity contribution in [1.29, 1.82) is 10.5 Å².